The van der Waals surface area contributed by atoms with E-state index in [1.54, 1.807) is 11.1 Å². The lowest BCUT2D eigenvalue weighted by atomic mass is 9.64. The van der Waals surface area contributed by atoms with Crippen LogP contribution >= 0.6 is 9.24 Å². The van der Waals surface area contributed by atoms with Crippen molar-refractivity contribution in [2.45, 2.75) is 105 Å². The molecule has 23 heavy (non-hydrogen) atoms. The number of hydrogen-bond acceptors (Lipinski definition) is 0. The molecule has 1 aromatic rings. The molecule has 1 atom stereocenters. The van der Waals surface area contributed by atoms with Crippen LogP contribution in [-0.4, -0.2) is 0 Å². The average Bonchev–Trinajstić information content (AvgIpc) is 2.21. The summed E-state index contributed by atoms with van der Waals surface area (Å²) in [6.45, 7) is 28.2. The van der Waals surface area contributed by atoms with E-state index in [2.05, 4.69) is 98.4 Å². The summed E-state index contributed by atoms with van der Waals surface area (Å²) in [5.41, 5.74) is 6.63. The fraction of sp³-hybridized carbons (Fsp3) is 0.727. The Morgan fingerprint density at radius 1 is 0.522 bits per heavy atom. The van der Waals surface area contributed by atoms with Gasteiger partial charge in [-0.3, -0.25) is 0 Å². The summed E-state index contributed by atoms with van der Waals surface area (Å²) in [7, 11) is 3.02. The van der Waals surface area contributed by atoms with Crippen LogP contribution in [-0.2, 0) is 21.7 Å². The molecule has 0 aliphatic carbocycles. The maximum atomic E-state index is 3.02. The van der Waals surface area contributed by atoms with Crippen LogP contribution in [0, 0.1) is 0 Å². The highest BCUT2D eigenvalue weighted by Gasteiger charge is 2.36. The first kappa shape index (κ1) is 20.7. The van der Waals surface area contributed by atoms with E-state index in [1.165, 1.54) is 16.4 Å². The first-order valence-electron chi connectivity index (χ1n) is 8.87. The molecule has 0 bridgehead atoms. The van der Waals surface area contributed by atoms with Crippen LogP contribution in [0.4, 0.5) is 0 Å². The van der Waals surface area contributed by atoms with Gasteiger partial charge in [-0.25, -0.2) is 0 Å². The lowest BCUT2D eigenvalue weighted by molar-refractivity contribution is 0.479. The average molecular weight is 335 g/mol. The molecule has 0 aromatic heterocycles. The van der Waals surface area contributed by atoms with Crippen LogP contribution in [0.25, 0.3) is 0 Å². The lowest BCUT2D eigenvalue weighted by Crippen LogP contribution is -2.35. The summed E-state index contributed by atoms with van der Waals surface area (Å²) in [5, 5.41) is 1.36. The second kappa shape index (κ2) is 5.87. The second-order valence-corrected chi connectivity index (χ2v) is 11.8. The third-order valence-electron chi connectivity index (χ3n) is 4.42. The maximum absolute atomic E-state index is 3.02. The zero-order valence-corrected chi connectivity index (χ0v) is 18.8. The van der Waals surface area contributed by atoms with Gasteiger partial charge in [0.2, 0.25) is 0 Å². The molecule has 1 rings (SSSR count). The highest BCUT2D eigenvalue weighted by Crippen LogP contribution is 2.44. The van der Waals surface area contributed by atoms with E-state index in [-0.39, 0.29) is 21.7 Å². The van der Waals surface area contributed by atoms with E-state index >= 15 is 0 Å². The molecule has 0 fully saturated rings. The zero-order chi connectivity index (χ0) is 18.6. The molecular weight excluding hydrogens is 295 g/mol. The number of hydrogen-bond donors (Lipinski definition) is 0. The SMILES string of the molecule is CC(C)(C)c1cc(P)c(C(C)(C)C)c(C(C)(C)C)c1C(C)(C)C. The van der Waals surface area contributed by atoms with Crippen molar-refractivity contribution in [3.63, 3.8) is 0 Å². The van der Waals surface area contributed by atoms with Crippen molar-refractivity contribution in [2.75, 3.05) is 0 Å². The van der Waals surface area contributed by atoms with E-state index < -0.39 is 0 Å². The summed E-state index contributed by atoms with van der Waals surface area (Å²) in [4.78, 5) is 0. The molecule has 0 saturated heterocycles. The van der Waals surface area contributed by atoms with Gasteiger partial charge in [-0.1, -0.05) is 89.2 Å². The van der Waals surface area contributed by atoms with Gasteiger partial charge < -0.3 is 0 Å². The van der Waals surface area contributed by atoms with Gasteiger partial charge in [0.25, 0.3) is 0 Å². The Balaban J connectivity index is 4.18. The molecule has 1 unspecified atom stereocenters. The Labute approximate surface area is 148 Å². The molecule has 0 spiro atoms. The van der Waals surface area contributed by atoms with Crippen LogP contribution in [0.3, 0.4) is 0 Å². The third kappa shape index (κ3) is 4.39. The molecule has 0 saturated carbocycles. The minimum absolute atomic E-state index is 0.123. The molecule has 0 nitrogen and oxygen atoms in total. The molecule has 0 aliphatic rings. The Kier molecular flexibility index (Phi) is 5.28. The smallest absolute Gasteiger partial charge is 0.0123 e. The Hall–Kier alpha value is -0.350. The van der Waals surface area contributed by atoms with Crippen molar-refractivity contribution >= 4 is 14.5 Å². The summed E-state index contributed by atoms with van der Waals surface area (Å²) in [6, 6.07) is 2.43. The van der Waals surface area contributed by atoms with Gasteiger partial charge in [0.15, 0.2) is 0 Å². The predicted molar refractivity (Wildman–Crippen MR) is 111 cm³/mol. The molecule has 0 aliphatic heterocycles. The van der Waals surface area contributed by atoms with Gasteiger partial charge in [0.1, 0.15) is 0 Å². The largest absolute Gasteiger partial charge is 0.105 e. The molecule has 1 aromatic carbocycles. The summed E-state index contributed by atoms with van der Waals surface area (Å²) in [6.07, 6.45) is 0. The van der Waals surface area contributed by atoms with Crippen molar-refractivity contribution in [3.8, 4) is 0 Å². The number of benzene rings is 1. The van der Waals surface area contributed by atoms with Gasteiger partial charge in [-0.2, -0.15) is 0 Å². The van der Waals surface area contributed by atoms with Crippen LogP contribution in [0.15, 0.2) is 6.07 Å². The Morgan fingerprint density at radius 3 is 1.13 bits per heavy atom. The highest BCUT2D eigenvalue weighted by atomic mass is 31.0. The van der Waals surface area contributed by atoms with Gasteiger partial charge in [0, 0.05) is 0 Å². The molecule has 0 radical (unpaired) electrons. The van der Waals surface area contributed by atoms with E-state index in [9.17, 15) is 0 Å². The molecule has 0 heterocycles. The lowest BCUT2D eigenvalue weighted by Gasteiger charge is -2.41. The first-order valence-corrected chi connectivity index (χ1v) is 9.44. The molecule has 0 N–H and O–H groups in total. The maximum Gasteiger partial charge on any atom is -0.0123 e. The zero-order valence-electron chi connectivity index (χ0n) is 17.7. The monoisotopic (exact) mass is 334 g/mol. The van der Waals surface area contributed by atoms with E-state index in [0.717, 1.165) is 0 Å². The fourth-order valence-electron chi connectivity index (χ4n) is 3.63. The number of rotatable bonds is 0. The van der Waals surface area contributed by atoms with E-state index in [1.807, 2.05) is 0 Å². The van der Waals surface area contributed by atoms with Crippen LogP contribution in [0.2, 0.25) is 0 Å². The van der Waals surface area contributed by atoms with Gasteiger partial charge in [0.05, 0.1) is 0 Å². The normalized spacial score (nSPS) is 14.3. The third-order valence-corrected chi connectivity index (χ3v) is 4.87. The molecule has 1 heteroatoms. The topological polar surface area (TPSA) is 0 Å². The van der Waals surface area contributed by atoms with Gasteiger partial charge in [-0.15, -0.1) is 9.24 Å². The summed E-state index contributed by atoms with van der Waals surface area (Å²) >= 11 is 0. The molecule has 132 valence electrons. The van der Waals surface area contributed by atoms with Crippen LogP contribution in [0.1, 0.15) is 105 Å². The standard InChI is InChI=1S/C22H39P/c1-19(2,3)14-13-15(23)17(21(7,8)9)18(22(10,11)12)16(14)20(4,5)6/h13H,23H2,1-12H3. The summed E-state index contributed by atoms with van der Waals surface area (Å²) in [5.74, 6) is 0. The van der Waals surface area contributed by atoms with Crippen molar-refractivity contribution in [2.24, 2.45) is 0 Å². The van der Waals surface area contributed by atoms with Gasteiger partial charge >= 0.3 is 0 Å². The van der Waals surface area contributed by atoms with Crippen LogP contribution < -0.4 is 5.30 Å². The minimum atomic E-state index is 0.123. The van der Waals surface area contributed by atoms with Crippen molar-refractivity contribution in [1.29, 1.82) is 0 Å². The van der Waals surface area contributed by atoms with E-state index in [4.69, 9.17) is 0 Å². The summed E-state index contributed by atoms with van der Waals surface area (Å²) < 4.78 is 0. The van der Waals surface area contributed by atoms with Crippen LogP contribution in [0.5, 0.6) is 0 Å². The second-order valence-electron chi connectivity index (χ2n) is 11.1. The quantitative estimate of drug-likeness (QED) is 0.483. The van der Waals surface area contributed by atoms with E-state index in [0.29, 0.717) is 0 Å². The highest BCUT2D eigenvalue weighted by molar-refractivity contribution is 7.27. The Morgan fingerprint density at radius 2 is 0.870 bits per heavy atom. The van der Waals surface area contributed by atoms with Crippen molar-refractivity contribution in [3.05, 3.63) is 28.3 Å². The van der Waals surface area contributed by atoms with Crippen molar-refractivity contribution in [1.82, 2.24) is 0 Å². The van der Waals surface area contributed by atoms with Crippen molar-refractivity contribution < 1.29 is 0 Å². The minimum Gasteiger partial charge on any atom is -0.105 e. The first-order chi connectivity index (χ1) is 9.88. The molecule has 0 amide bonds. The Bertz CT molecular complexity index is 579. The molecular formula is C22H39P. The fourth-order valence-corrected chi connectivity index (χ4v) is 4.38. The predicted octanol–water partition coefficient (Wildman–Crippen LogP) is 6.38. The van der Waals surface area contributed by atoms with Gasteiger partial charge in [-0.05, 0) is 49.2 Å².